The van der Waals surface area contributed by atoms with E-state index in [2.05, 4.69) is 11.8 Å². The monoisotopic (exact) mass is 258 g/mol. The molecule has 0 bridgehead atoms. The van der Waals surface area contributed by atoms with Gasteiger partial charge in [0.15, 0.2) is 5.60 Å². The molecule has 0 saturated heterocycles. The first-order valence-electron chi connectivity index (χ1n) is 5.22. The van der Waals surface area contributed by atoms with E-state index in [0.717, 1.165) is 12.1 Å². The van der Waals surface area contributed by atoms with Gasteiger partial charge >= 0.3 is 6.18 Å². The molecular formula is C13H13F3O2. The minimum absolute atomic E-state index is 0.292. The first-order valence-corrected chi connectivity index (χ1v) is 5.22. The maximum atomic E-state index is 12.3. The van der Waals surface area contributed by atoms with E-state index >= 15 is 0 Å². The summed E-state index contributed by atoms with van der Waals surface area (Å²) in [5, 5.41) is 8.57. The highest BCUT2D eigenvalue weighted by Crippen LogP contribution is 2.30. The number of hydrogen-bond acceptors (Lipinski definition) is 2. The molecule has 0 fully saturated rings. The molecular weight excluding hydrogens is 245 g/mol. The van der Waals surface area contributed by atoms with E-state index < -0.39 is 17.3 Å². The summed E-state index contributed by atoms with van der Waals surface area (Å²) in [6.07, 6.45) is -4.36. The summed E-state index contributed by atoms with van der Waals surface area (Å²) in [6.45, 7) is 3.03. The zero-order valence-corrected chi connectivity index (χ0v) is 10.0. The Morgan fingerprint density at radius 3 is 2.17 bits per heavy atom. The number of benzene rings is 1. The molecule has 0 aromatic heterocycles. The molecule has 0 atom stereocenters. The lowest BCUT2D eigenvalue weighted by molar-refractivity contribution is -0.137. The molecule has 1 N–H and O–H groups in total. The second kappa shape index (κ2) is 5.32. The normalized spacial score (nSPS) is 11.7. The third-order valence-corrected chi connectivity index (χ3v) is 2.02. The molecule has 5 heteroatoms. The fourth-order valence-corrected chi connectivity index (χ4v) is 1.28. The van der Waals surface area contributed by atoms with Crippen molar-refractivity contribution in [2.45, 2.75) is 25.6 Å². The maximum Gasteiger partial charge on any atom is 0.416 e. The number of halogens is 3. The average molecular weight is 258 g/mol. The molecule has 0 aliphatic heterocycles. The first-order chi connectivity index (χ1) is 8.24. The Labute approximate surface area is 103 Å². The average Bonchev–Trinajstić information content (AvgIpc) is 2.25. The van der Waals surface area contributed by atoms with Crippen molar-refractivity contribution in [3.63, 3.8) is 0 Å². The molecule has 0 spiro atoms. The molecule has 0 heterocycles. The second-order valence-electron chi connectivity index (χ2n) is 4.09. The predicted octanol–water partition coefficient (Wildman–Crippen LogP) is 2.86. The number of aliphatic hydroxyl groups is 1. The number of aliphatic hydroxyl groups excluding tert-OH is 1. The van der Waals surface area contributed by atoms with Crippen molar-refractivity contribution in [3.05, 3.63) is 29.8 Å². The van der Waals surface area contributed by atoms with Crippen LogP contribution in [0, 0.1) is 11.8 Å². The van der Waals surface area contributed by atoms with Crippen molar-refractivity contribution in [1.82, 2.24) is 0 Å². The number of hydrogen-bond donors (Lipinski definition) is 1. The van der Waals surface area contributed by atoms with Crippen LogP contribution in [-0.2, 0) is 6.18 Å². The summed E-state index contributed by atoms with van der Waals surface area (Å²) < 4.78 is 42.4. The van der Waals surface area contributed by atoms with Crippen LogP contribution in [0.3, 0.4) is 0 Å². The topological polar surface area (TPSA) is 29.5 Å². The van der Waals surface area contributed by atoms with Gasteiger partial charge in [-0.2, -0.15) is 13.2 Å². The van der Waals surface area contributed by atoms with Crippen molar-refractivity contribution in [2.75, 3.05) is 6.61 Å². The molecule has 2 nitrogen and oxygen atoms in total. The van der Waals surface area contributed by atoms with Crippen LogP contribution in [0.15, 0.2) is 24.3 Å². The fraction of sp³-hybridized carbons (Fsp3) is 0.385. The van der Waals surface area contributed by atoms with Crippen LogP contribution < -0.4 is 4.74 Å². The lowest BCUT2D eigenvalue weighted by atomic mass is 10.1. The van der Waals surface area contributed by atoms with Gasteiger partial charge < -0.3 is 9.84 Å². The van der Waals surface area contributed by atoms with E-state index in [9.17, 15) is 13.2 Å². The molecule has 0 aliphatic rings. The molecule has 0 radical (unpaired) electrons. The van der Waals surface area contributed by atoms with E-state index in [1.807, 2.05) is 0 Å². The highest BCUT2D eigenvalue weighted by atomic mass is 19.4. The summed E-state index contributed by atoms with van der Waals surface area (Å²) in [5.74, 6) is 5.39. The smallest absolute Gasteiger partial charge is 0.416 e. The van der Waals surface area contributed by atoms with Crippen LogP contribution in [0.5, 0.6) is 5.75 Å². The van der Waals surface area contributed by atoms with E-state index in [4.69, 9.17) is 9.84 Å². The van der Waals surface area contributed by atoms with E-state index in [0.29, 0.717) is 5.75 Å². The largest absolute Gasteiger partial charge is 0.475 e. The van der Waals surface area contributed by atoms with Crippen LogP contribution in [0.25, 0.3) is 0 Å². The van der Waals surface area contributed by atoms with Crippen LogP contribution in [-0.4, -0.2) is 17.3 Å². The lowest BCUT2D eigenvalue weighted by Crippen LogP contribution is -2.26. The Morgan fingerprint density at radius 1 is 1.17 bits per heavy atom. The van der Waals surface area contributed by atoms with Crippen molar-refractivity contribution in [1.29, 1.82) is 0 Å². The molecule has 1 rings (SSSR count). The SMILES string of the molecule is CC(C)(C#CCO)Oc1ccc(C(F)(F)F)cc1. The van der Waals surface area contributed by atoms with Gasteiger partial charge in [0.2, 0.25) is 0 Å². The van der Waals surface area contributed by atoms with Crippen LogP contribution in [0.1, 0.15) is 19.4 Å². The van der Waals surface area contributed by atoms with E-state index in [1.165, 1.54) is 12.1 Å². The molecule has 0 saturated carbocycles. The van der Waals surface area contributed by atoms with E-state index in [1.54, 1.807) is 13.8 Å². The molecule has 0 amide bonds. The highest BCUT2D eigenvalue weighted by molar-refractivity contribution is 5.30. The van der Waals surface area contributed by atoms with Gasteiger partial charge in [0, 0.05) is 0 Å². The zero-order valence-electron chi connectivity index (χ0n) is 10.0. The summed E-state index contributed by atoms with van der Waals surface area (Å²) in [4.78, 5) is 0. The van der Waals surface area contributed by atoms with E-state index in [-0.39, 0.29) is 6.61 Å². The highest BCUT2D eigenvalue weighted by Gasteiger charge is 2.30. The van der Waals surface area contributed by atoms with Crippen LogP contribution >= 0.6 is 0 Å². The van der Waals surface area contributed by atoms with Gasteiger partial charge in [-0.05, 0) is 38.1 Å². The molecule has 18 heavy (non-hydrogen) atoms. The Hall–Kier alpha value is -1.67. The van der Waals surface area contributed by atoms with Crippen LogP contribution in [0.2, 0.25) is 0 Å². The van der Waals surface area contributed by atoms with Gasteiger partial charge in [0.25, 0.3) is 0 Å². The molecule has 1 aromatic carbocycles. The number of ether oxygens (including phenoxy) is 1. The Morgan fingerprint density at radius 2 is 1.72 bits per heavy atom. The summed E-state index contributed by atoms with van der Waals surface area (Å²) in [6, 6.07) is 4.38. The van der Waals surface area contributed by atoms with Gasteiger partial charge in [-0.15, -0.1) is 0 Å². The van der Waals surface area contributed by atoms with Gasteiger partial charge in [-0.1, -0.05) is 11.8 Å². The molecule has 98 valence electrons. The van der Waals surface area contributed by atoms with Gasteiger partial charge in [-0.25, -0.2) is 0 Å². The third kappa shape index (κ3) is 4.30. The summed E-state index contributed by atoms with van der Waals surface area (Å²) in [7, 11) is 0. The number of alkyl halides is 3. The Kier molecular flexibility index (Phi) is 4.25. The molecule has 0 aliphatic carbocycles. The molecule has 0 unspecified atom stereocenters. The quantitative estimate of drug-likeness (QED) is 0.826. The second-order valence-corrected chi connectivity index (χ2v) is 4.09. The lowest BCUT2D eigenvalue weighted by Gasteiger charge is -2.20. The van der Waals surface area contributed by atoms with Gasteiger partial charge in [0.05, 0.1) is 5.56 Å². The minimum atomic E-state index is -4.36. The minimum Gasteiger partial charge on any atom is -0.475 e. The first kappa shape index (κ1) is 14.4. The van der Waals surface area contributed by atoms with Crippen molar-refractivity contribution in [3.8, 4) is 17.6 Å². The summed E-state index contributed by atoms with van der Waals surface area (Å²) >= 11 is 0. The predicted molar refractivity (Wildman–Crippen MR) is 61.0 cm³/mol. The van der Waals surface area contributed by atoms with Gasteiger partial charge in [0.1, 0.15) is 12.4 Å². The van der Waals surface area contributed by atoms with Crippen molar-refractivity contribution < 1.29 is 23.0 Å². The summed E-state index contributed by atoms with van der Waals surface area (Å²) in [5.41, 5.74) is -1.60. The van der Waals surface area contributed by atoms with Crippen molar-refractivity contribution in [2.24, 2.45) is 0 Å². The Balaban J connectivity index is 2.81. The Bertz CT molecular complexity index is 450. The van der Waals surface area contributed by atoms with Crippen LogP contribution in [0.4, 0.5) is 13.2 Å². The third-order valence-electron chi connectivity index (χ3n) is 2.02. The number of rotatable bonds is 2. The maximum absolute atomic E-state index is 12.3. The molecule has 1 aromatic rings. The fourth-order valence-electron chi connectivity index (χ4n) is 1.28. The standard InChI is InChI=1S/C13H13F3O2/c1-12(2,8-3-9-17)18-11-6-4-10(5-7-11)13(14,15)16/h4-7,17H,9H2,1-2H3. The van der Waals surface area contributed by atoms with Crippen molar-refractivity contribution >= 4 is 0 Å². The zero-order chi connectivity index (χ0) is 13.8. The van der Waals surface area contributed by atoms with Gasteiger partial charge in [-0.3, -0.25) is 0 Å².